The summed E-state index contributed by atoms with van der Waals surface area (Å²) in [5.74, 6) is 1.29. The minimum atomic E-state index is -2.04. The van der Waals surface area contributed by atoms with E-state index in [0.29, 0.717) is 37.5 Å². The molecule has 0 aliphatic heterocycles. The van der Waals surface area contributed by atoms with Gasteiger partial charge in [0.2, 0.25) is 0 Å². The summed E-state index contributed by atoms with van der Waals surface area (Å²) in [6.07, 6.45) is 0. The van der Waals surface area contributed by atoms with Crippen LogP contribution >= 0.6 is 34.8 Å². The maximum absolute atomic E-state index is 5.45. The van der Waals surface area contributed by atoms with Crippen LogP contribution < -0.4 is 0 Å². The highest BCUT2D eigenvalue weighted by molar-refractivity contribution is 6.36. The van der Waals surface area contributed by atoms with Gasteiger partial charge < -0.3 is 13.3 Å². The fraction of sp³-hybridized carbons (Fsp3) is 1.00. The largest absolute Gasteiger partial charge is 0.484 e. The second kappa shape index (κ2) is 11.0. The zero-order valence-corrected chi connectivity index (χ0v) is 10.6. The predicted molar refractivity (Wildman–Crippen MR) is 57.2 cm³/mol. The normalized spacial score (nSPS) is 11.1. The van der Waals surface area contributed by atoms with E-state index in [1.54, 1.807) is 0 Å². The summed E-state index contributed by atoms with van der Waals surface area (Å²) in [5.41, 5.74) is 0. The predicted octanol–water partition coefficient (Wildman–Crippen LogP) is 1.47. The molecule has 0 unspecified atom stereocenters. The quantitative estimate of drug-likeness (QED) is 0.468. The van der Waals surface area contributed by atoms with Gasteiger partial charge in [-0.1, -0.05) is 0 Å². The first-order valence-corrected chi connectivity index (χ1v) is 6.89. The molecule has 0 fully saturated rings. The Balaban J connectivity index is 3.47. The molecule has 0 aliphatic rings. The lowest BCUT2D eigenvalue weighted by atomic mass is 10.9. The van der Waals surface area contributed by atoms with E-state index in [2.05, 4.69) is 0 Å². The molecular weight excluding hydrogens is 255 g/mol. The van der Waals surface area contributed by atoms with Gasteiger partial charge in [0, 0.05) is 17.6 Å². The van der Waals surface area contributed by atoms with Crippen molar-refractivity contribution >= 4 is 44.3 Å². The van der Waals surface area contributed by atoms with Crippen LogP contribution in [0.5, 0.6) is 0 Å². The first-order chi connectivity index (χ1) is 6.35. The smallest absolute Gasteiger partial charge is 0.375 e. The molecule has 0 spiro atoms. The third kappa shape index (κ3) is 9.28. The number of alkyl halides is 3. The summed E-state index contributed by atoms with van der Waals surface area (Å²) in [7, 11) is -2.04. The molecule has 0 atom stereocenters. The van der Waals surface area contributed by atoms with E-state index in [1.165, 1.54) is 0 Å². The molecule has 0 aliphatic carbocycles. The fourth-order valence-corrected chi connectivity index (χ4v) is 2.50. The van der Waals surface area contributed by atoms with Gasteiger partial charge in [0.1, 0.15) is 0 Å². The minimum Gasteiger partial charge on any atom is -0.375 e. The standard InChI is InChI=1S/C6H13Cl3O3Si/c7-1-4-10-13(11-5-2-8)12-6-3-9/h13H,1-6H2. The molecule has 0 saturated heterocycles. The Morgan fingerprint density at radius 3 is 1.23 bits per heavy atom. The van der Waals surface area contributed by atoms with Crippen LogP contribution in [0.4, 0.5) is 0 Å². The summed E-state index contributed by atoms with van der Waals surface area (Å²) in [6.45, 7) is 1.30. The molecule has 0 rings (SSSR count). The first-order valence-electron chi connectivity index (χ1n) is 3.87. The molecular formula is C6H13Cl3O3Si. The van der Waals surface area contributed by atoms with Crippen LogP contribution in [-0.4, -0.2) is 47.0 Å². The van der Waals surface area contributed by atoms with E-state index in [4.69, 9.17) is 48.1 Å². The molecule has 0 heterocycles. The monoisotopic (exact) mass is 266 g/mol. The van der Waals surface area contributed by atoms with Gasteiger partial charge in [-0.25, -0.2) is 0 Å². The Bertz CT molecular complexity index is 90.1. The lowest BCUT2D eigenvalue weighted by Crippen LogP contribution is -2.29. The van der Waals surface area contributed by atoms with Gasteiger partial charge in [-0.15, -0.1) is 34.8 Å². The van der Waals surface area contributed by atoms with Crippen LogP contribution in [0, 0.1) is 0 Å². The molecule has 0 N–H and O–H groups in total. The van der Waals surface area contributed by atoms with E-state index in [9.17, 15) is 0 Å². The van der Waals surface area contributed by atoms with Gasteiger partial charge in [-0.05, 0) is 0 Å². The number of hydrogen-bond acceptors (Lipinski definition) is 3. The molecule has 0 saturated carbocycles. The van der Waals surface area contributed by atoms with Crippen LogP contribution in [0.25, 0.3) is 0 Å². The molecule has 0 amide bonds. The second-order valence-corrected chi connectivity index (χ2v) is 4.68. The Morgan fingerprint density at radius 2 is 1.00 bits per heavy atom. The lowest BCUT2D eigenvalue weighted by Gasteiger charge is -2.14. The van der Waals surface area contributed by atoms with Crippen molar-refractivity contribution in [3.8, 4) is 0 Å². The van der Waals surface area contributed by atoms with Crippen LogP contribution in [0.3, 0.4) is 0 Å². The average Bonchev–Trinajstić information content (AvgIpc) is 2.17. The molecule has 80 valence electrons. The van der Waals surface area contributed by atoms with Crippen LogP contribution in [-0.2, 0) is 13.3 Å². The van der Waals surface area contributed by atoms with Gasteiger partial charge in [-0.3, -0.25) is 0 Å². The van der Waals surface area contributed by atoms with Gasteiger partial charge >= 0.3 is 9.53 Å². The van der Waals surface area contributed by atoms with Crippen molar-refractivity contribution in [3.63, 3.8) is 0 Å². The van der Waals surface area contributed by atoms with Gasteiger partial charge in [-0.2, -0.15) is 0 Å². The zero-order chi connectivity index (χ0) is 9.94. The highest BCUT2D eigenvalue weighted by atomic mass is 35.5. The third-order valence-corrected chi connectivity index (χ3v) is 2.98. The van der Waals surface area contributed by atoms with Crippen LogP contribution in [0.15, 0.2) is 0 Å². The van der Waals surface area contributed by atoms with E-state index >= 15 is 0 Å². The van der Waals surface area contributed by atoms with Crippen molar-refractivity contribution in [1.82, 2.24) is 0 Å². The average molecular weight is 268 g/mol. The van der Waals surface area contributed by atoms with Gasteiger partial charge in [0.05, 0.1) is 19.8 Å². The van der Waals surface area contributed by atoms with Crippen molar-refractivity contribution in [1.29, 1.82) is 0 Å². The Morgan fingerprint density at radius 1 is 0.692 bits per heavy atom. The Hall–Kier alpha value is 0.967. The molecule has 0 bridgehead atoms. The Kier molecular flexibility index (Phi) is 11.9. The Labute approximate surface area is 95.2 Å². The van der Waals surface area contributed by atoms with Gasteiger partial charge in [0.25, 0.3) is 0 Å². The molecule has 7 heteroatoms. The van der Waals surface area contributed by atoms with Gasteiger partial charge in [0.15, 0.2) is 0 Å². The van der Waals surface area contributed by atoms with Crippen molar-refractivity contribution in [3.05, 3.63) is 0 Å². The first kappa shape index (κ1) is 14.0. The third-order valence-electron chi connectivity index (χ3n) is 0.993. The topological polar surface area (TPSA) is 27.7 Å². The van der Waals surface area contributed by atoms with E-state index in [0.717, 1.165) is 0 Å². The van der Waals surface area contributed by atoms with Crippen molar-refractivity contribution < 1.29 is 13.3 Å². The van der Waals surface area contributed by atoms with E-state index < -0.39 is 9.53 Å². The number of halogens is 3. The molecule has 13 heavy (non-hydrogen) atoms. The maximum atomic E-state index is 5.45. The highest BCUT2D eigenvalue weighted by Crippen LogP contribution is 1.95. The SMILES string of the molecule is ClCCO[SiH](OCCCl)OCCCl. The zero-order valence-electron chi connectivity index (χ0n) is 7.18. The van der Waals surface area contributed by atoms with Crippen molar-refractivity contribution in [2.45, 2.75) is 0 Å². The maximum Gasteiger partial charge on any atom is 0.484 e. The fourth-order valence-electron chi connectivity index (χ4n) is 0.567. The summed E-state index contributed by atoms with van der Waals surface area (Å²) in [6, 6.07) is 0. The molecule has 3 nitrogen and oxygen atoms in total. The van der Waals surface area contributed by atoms with Crippen molar-refractivity contribution in [2.75, 3.05) is 37.5 Å². The second-order valence-electron chi connectivity index (χ2n) is 1.97. The summed E-state index contributed by atoms with van der Waals surface area (Å²) in [4.78, 5) is 0. The number of rotatable bonds is 9. The van der Waals surface area contributed by atoms with Crippen molar-refractivity contribution in [2.24, 2.45) is 0 Å². The summed E-state index contributed by atoms with van der Waals surface area (Å²) < 4.78 is 15.7. The van der Waals surface area contributed by atoms with Crippen LogP contribution in [0.1, 0.15) is 0 Å². The van der Waals surface area contributed by atoms with E-state index in [1.807, 2.05) is 0 Å². The molecule has 0 aromatic heterocycles. The lowest BCUT2D eigenvalue weighted by molar-refractivity contribution is 0.109. The molecule has 0 aromatic rings. The summed E-state index contributed by atoms with van der Waals surface area (Å²) in [5, 5.41) is 0. The highest BCUT2D eigenvalue weighted by Gasteiger charge is 2.14. The van der Waals surface area contributed by atoms with Crippen LogP contribution in [0.2, 0.25) is 0 Å². The molecule has 0 radical (unpaired) electrons. The molecule has 0 aromatic carbocycles. The number of hydrogen-bond donors (Lipinski definition) is 0. The minimum absolute atomic E-state index is 0.429. The van der Waals surface area contributed by atoms with E-state index in [-0.39, 0.29) is 0 Å². The summed E-state index contributed by atoms with van der Waals surface area (Å²) >= 11 is 16.3.